The van der Waals surface area contributed by atoms with Crippen LogP contribution in [-0.2, 0) is 9.47 Å². The van der Waals surface area contributed by atoms with Crippen molar-refractivity contribution in [3.63, 3.8) is 0 Å². The number of ether oxygens (including phenoxy) is 3. The van der Waals surface area contributed by atoms with Crippen LogP contribution in [0.1, 0.15) is 24.3 Å². The van der Waals surface area contributed by atoms with E-state index in [2.05, 4.69) is 4.98 Å². The molecule has 1 aliphatic heterocycles. The zero-order valence-corrected chi connectivity index (χ0v) is 9.88. The summed E-state index contributed by atoms with van der Waals surface area (Å²) in [6, 6.07) is 5.05. The van der Waals surface area contributed by atoms with Crippen LogP contribution in [0.3, 0.4) is 0 Å². The smallest absolute Gasteiger partial charge is 0.213 e. The maximum atomic E-state index is 10.5. The average Bonchev–Trinajstić information content (AvgIpc) is 2.67. The molecule has 5 nitrogen and oxygen atoms in total. The van der Waals surface area contributed by atoms with Crippen molar-refractivity contribution in [2.75, 3.05) is 13.2 Å². The summed E-state index contributed by atoms with van der Waals surface area (Å²) in [4.78, 5) is 14.5. The fourth-order valence-electron chi connectivity index (χ4n) is 1.60. The zero-order valence-electron chi connectivity index (χ0n) is 9.88. The predicted octanol–water partition coefficient (Wildman–Crippen LogP) is 1.42. The molecule has 0 N–H and O–H groups in total. The van der Waals surface area contributed by atoms with Crippen molar-refractivity contribution in [2.24, 2.45) is 0 Å². The van der Waals surface area contributed by atoms with E-state index < -0.39 is 5.79 Å². The highest BCUT2D eigenvalue weighted by Crippen LogP contribution is 2.22. The van der Waals surface area contributed by atoms with Crippen LogP contribution in [0.4, 0.5) is 0 Å². The van der Waals surface area contributed by atoms with Crippen LogP contribution < -0.4 is 4.74 Å². The van der Waals surface area contributed by atoms with E-state index in [1.54, 1.807) is 18.2 Å². The van der Waals surface area contributed by atoms with Gasteiger partial charge in [0.25, 0.3) is 0 Å². The first-order valence-electron chi connectivity index (χ1n) is 5.46. The first kappa shape index (κ1) is 12.0. The second kappa shape index (κ2) is 4.81. The van der Waals surface area contributed by atoms with E-state index in [4.69, 9.17) is 14.2 Å². The topological polar surface area (TPSA) is 57.7 Å². The van der Waals surface area contributed by atoms with E-state index in [9.17, 15) is 4.79 Å². The van der Waals surface area contributed by atoms with Gasteiger partial charge in [-0.1, -0.05) is 6.07 Å². The van der Waals surface area contributed by atoms with Gasteiger partial charge < -0.3 is 14.2 Å². The van der Waals surface area contributed by atoms with Crippen molar-refractivity contribution in [3.05, 3.63) is 23.9 Å². The molecule has 0 spiro atoms. The number of hydrogen-bond donors (Lipinski definition) is 0. The number of rotatable bonds is 4. The second-order valence-corrected chi connectivity index (χ2v) is 4.28. The van der Waals surface area contributed by atoms with E-state index >= 15 is 0 Å². The van der Waals surface area contributed by atoms with Gasteiger partial charge in [-0.25, -0.2) is 4.98 Å². The number of aldehydes is 1. The number of aromatic nitrogens is 1. The summed E-state index contributed by atoms with van der Waals surface area (Å²) >= 11 is 0. The quantitative estimate of drug-likeness (QED) is 0.741. The highest BCUT2D eigenvalue weighted by molar-refractivity contribution is 5.71. The van der Waals surface area contributed by atoms with Crippen LogP contribution in [-0.4, -0.2) is 36.4 Å². The van der Waals surface area contributed by atoms with E-state index in [1.807, 2.05) is 13.8 Å². The summed E-state index contributed by atoms with van der Waals surface area (Å²) in [5, 5.41) is 0. The molecule has 0 bridgehead atoms. The van der Waals surface area contributed by atoms with Crippen LogP contribution in [0.25, 0.3) is 0 Å². The molecule has 1 fully saturated rings. The Morgan fingerprint density at radius 2 is 2.41 bits per heavy atom. The van der Waals surface area contributed by atoms with E-state index in [0.717, 1.165) is 0 Å². The van der Waals surface area contributed by atoms with Crippen molar-refractivity contribution in [1.82, 2.24) is 4.98 Å². The van der Waals surface area contributed by atoms with Crippen molar-refractivity contribution in [2.45, 2.75) is 25.7 Å². The van der Waals surface area contributed by atoms with Gasteiger partial charge in [0.2, 0.25) is 5.88 Å². The SMILES string of the molecule is CC1(C)OCC(COc2cccc(C=O)n2)O1. The Bertz CT molecular complexity index is 405. The number of hydrogen-bond acceptors (Lipinski definition) is 5. The summed E-state index contributed by atoms with van der Waals surface area (Å²) in [5.74, 6) is -0.130. The van der Waals surface area contributed by atoms with Gasteiger partial charge >= 0.3 is 0 Å². The van der Waals surface area contributed by atoms with Crippen LogP contribution in [0.15, 0.2) is 18.2 Å². The van der Waals surface area contributed by atoms with Crippen LogP contribution >= 0.6 is 0 Å². The summed E-state index contributed by atoms with van der Waals surface area (Å²) in [6.45, 7) is 4.58. The van der Waals surface area contributed by atoms with Gasteiger partial charge in [0.1, 0.15) is 18.4 Å². The monoisotopic (exact) mass is 237 g/mol. The molecule has 1 aliphatic rings. The lowest BCUT2D eigenvalue weighted by Crippen LogP contribution is -2.25. The molecule has 0 aromatic carbocycles. The molecule has 92 valence electrons. The summed E-state index contributed by atoms with van der Waals surface area (Å²) in [6.07, 6.45) is 0.581. The Balaban J connectivity index is 1.88. The van der Waals surface area contributed by atoms with E-state index in [-0.39, 0.29) is 6.10 Å². The Kier molecular flexibility index (Phi) is 3.40. The largest absolute Gasteiger partial charge is 0.475 e. The molecule has 0 aliphatic carbocycles. The number of carbonyl (C=O) groups is 1. The standard InChI is InChI=1S/C12H15NO4/c1-12(2)16-8-10(17-12)7-15-11-5-3-4-9(6-14)13-11/h3-6,10H,7-8H2,1-2H3. The van der Waals surface area contributed by atoms with Crippen LogP contribution in [0, 0.1) is 0 Å². The van der Waals surface area contributed by atoms with Gasteiger partial charge in [-0.3, -0.25) is 4.79 Å². The summed E-state index contributed by atoms with van der Waals surface area (Å²) < 4.78 is 16.4. The first-order chi connectivity index (χ1) is 8.09. The third kappa shape index (κ3) is 3.25. The molecular weight excluding hydrogens is 222 g/mol. The Morgan fingerprint density at radius 3 is 3.06 bits per heavy atom. The van der Waals surface area contributed by atoms with Crippen molar-refractivity contribution in [1.29, 1.82) is 0 Å². The van der Waals surface area contributed by atoms with Gasteiger partial charge in [0.05, 0.1) is 6.61 Å². The molecule has 1 aromatic heterocycles. The zero-order chi connectivity index (χ0) is 12.3. The molecule has 2 rings (SSSR count). The molecule has 5 heteroatoms. The highest BCUT2D eigenvalue weighted by Gasteiger charge is 2.32. The van der Waals surface area contributed by atoms with Gasteiger partial charge in [0, 0.05) is 6.07 Å². The van der Waals surface area contributed by atoms with Gasteiger partial charge in [-0.05, 0) is 19.9 Å². The molecular formula is C12H15NO4. The van der Waals surface area contributed by atoms with Gasteiger partial charge in [-0.15, -0.1) is 0 Å². The molecule has 0 amide bonds. The molecule has 1 atom stereocenters. The minimum atomic E-state index is -0.550. The minimum absolute atomic E-state index is 0.105. The van der Waals surface area contributed by atoms with Crippen molar-refractivity contribution in [3.8, 4) is 5.88 Å². The maximum Gasteiger partial charge on any atom is 0.213 e. The van der Waals surface area contributed by atoms with E-state index in [1.165, 1.54) is 0 Å². The normalized spacial score (nSPS) is 22.4. The summed E-state index contributed by atoms with van der Waals surface area (Å²) in [7, 11) is 0. The van der Waals surface area contributed by atoms with Crippen molar-refractivity contribution >= 4 is 6.29 Å². The Morgan fingerprint density at radius 1 is 1.59 bits per heavy atom. The minimum Gasteiger partial charge on any atom is -0.475 e. The lowest BCUT2D eigenvalue weighted by Gasteiger charge is -2.17. The number of pyridine rings is 1. The summed E-state index contributed by atoms with van der Waals surface area (Å²) in [5.41, 5.74) is 0.353. The number of nitrogens with zero attached hydrogens (tertiary/aromatic N) is 1. The molecule has 0 saturated carbocycles. The second-order valence-electron chi connectivity index (χ2n) is 4.28. The fourth-order valence-corrected chi connectivity index (χ4v) is 1.60. The molecule has 1 aromatic rings. The lowest BCUT2D eigenvalue weighted by molar-refractivity contribution is -0.141. The molecule has 0 radical (unpaired) electrons. The number of carbonyl (C=O) groups excluding carboxylic acids is 1. The van der Waals surface area contributed by atoms with Crippen LogP contribution in [0.5, 0.6) is 5.88 Å². The first-order valence-corrected chi connectivity index (χ1v) is 5.46. The van der Waals surface area contributed by atoms with Crippen molar-refractivity contribution < 1.29 is 19.0 Å². The third-order valence-corrected chi connectivity index (χ3v) is 2.35. The Labute approximate surface area is 99.7 Å². The maximum absolute atomic E-state index is 10.5. The van der Waals surface area contributed by atoms with Gasteiger partial charge in [-0.2, -0.15) is 0 Å². The van der Waals surface area contributed by atoms with Crippen LogP contribution in [0.2, 0.25) is 0 Å². The molecule has 17 heavy (non-hydrogen) atoms. The lowest BCUT2D eigenvalue weighted by atomic mass is 10.4. The predicted molar refractivity (Wildman–Crippen MR) is 60.0 cm³/mol. The van der Waals surface area contributed by atoms with E-state index in [0.29, 0.717) is 31.1 Å². The molecule has 2 heterocycles. The molecule has 1 saturated heterocycles. The molecule has 1 unspecified atom stereocenters. The highest BCUT2D eigenvalue weighted by atomic mass is 16.7. The third-order valence-electron chi connectivity index (χ3n) is 2.35. The fraction of sp³-hybridized carbons (Fsp3) is 0.500. The van der Waals surface area contributed by atoms with Gasteiger partial charge in [0.15, 0.2) is 12.1 Å². The average molecular weight is 237 g/mol. The Hall–Kier alpha value is -1.46.